The number of nitrogens with zero attached hydrogens (tertiary/aromatic N) is 4. The Kier molecular flexibility index (Phi) is 6.73. The molecule has 2 aliphatic rings. The van der Waals surface area contributed by atoms with Gasteiger partial charge in [0.1, 0.15) is 0 Å². The minimum atomic E-state index is -3.69. The Morgan fingerprint density at radius 1 is 0.972 bits per heavy atom. The molecule has 36 heavy (non-hydrogen) atoms. The van der Waals surface area contributed by atoms with Crippen LogP contribution in [0.1, 0.15) is 21.1 Å². The van der Waals surface area contributed by atoms with Gasteiger partial charge in [-0.05, 0) is 47.0 Å². The average Bonchev–Trinajstić information content (AvgIpc) is 3.38. The first kappa shape index (κ1) is 24.7. The van der Waals surface area contributed by atoms with Gasteiger partial charge < -0.3 is 15.5 Å². The Balaban J connectivity index is 1.23. The van der Waals surface area contributed by atoms with Gasteiger partial charge in [0.2, 0.25) is 10.0 Å². The summed E-state index contributed by atoms with van der Waals surface area (Å²) in [5, 5.41) is 2.63. The van der Waals surface area contributed by atoms with Gasteiger partial charge in [-0.15, -0.1) is 11.3 Å². The molecule has 3 aromatic rings. The quantitative estimate of drug-likeness (QED) is 0.540. The third-order valence-corrected chi connectivity index (χ3v) is 9.65. The molecule has 0 bridgehead atoms. The van der Waals surface area contributed by atoms with E-state index >= 15 is 0 Å². The zero-order valence-corrected chi connectivity index (χ0v) is 21.7. The summed E-state index contributed by atoms with van der Waals surface area (Å²) in [6, 6.07) is 9.87. The molecule has 2 aromatic carbocycles. The number of halogens is 1. The molecular formula is C24H24ClN5O4S2. The predicted octanol–water partition coefficient (Wildman–Crippen LogP) is 3.26. The van der Waals surface area contributed by atoms with Crippen molar-refractivity contribution in [2.45, 2.75) is 11.3 Å². The van der Waals surface area contributed by atoms with Crippen molar-refractivity contribution in [1.29, 1.82) is 0 Å². The summed E-state index contributed by atoms with van der Waals surface area (Å²) in [6.45, 7) is 1.95. The number of hydrogen-bond acceptors (Lipinski definition) is 6. The van der Waals surface area contributed by atoms with E-state index in [1.807, 2.05) is 6.08 Å². The number of rotatable bonds is 4. The number of carbonyl (C=O) groups is 2. The third-order valence-electron chi connectivity index (χ3n) is 6.46. The number of piperazine rings is 1. The summed E-state index contributed by atoms with van der Waals surface area (Å²) >= 11 is 7.34. The SMILES string of the molecule is NC(=O)N1CC=C(c2cnc(C(=O)N3CCN(S(=O)(=O)c4ccc5cc(Cl)ccc5c4)CC3)s2)CC1. The van der Waals surface area contributed by atoms with E-state index < -0.39 is 16.1 Å². The zero-order valence-electron chi connectivity index (χ0n) is 19.3. The van der Waals surface area contributed by atoms with Crippen LogP contribution in [0.5, 0.6) is 0 Å². The predicted molar refractivity (Wildman–Crippen MR) is 139 cm³/mol. The van der Waals surface area contributed by atoms with Crippen molar-refractivity contribution in [2.24, 2.45) is 5.73 Å². The van der Waals surface area contributed by atoms with Gasteiger partial charge in [-0.1, -0.05) is 29.8 Å². The second-order valence-corrected chi connectivity index (χ2v) is 12.0. The average molecular weight is 546 g/mol. The van der Waals surface area contributed by atoms with Crippen molar-refractivity contribution in [3.05, 3.63) is 63.6 Å². The molecule has 1 aromatic heterocycles. The lowest BCUT2D eigenvalue weighted by Crippen LogP contribution is -2.50. The molecule has 0 radical (unpaired) electrons. The molecule has 0 spiro atoms. The van der Waals surface area contributed by atoms with E-state index in [4.69, 9.17) is 17.3 Å². The van der Waals surface area contributed by atoms with E-state index in [1.54, 1.807) is 52.4 Å². The Bertz CT molecular complexity index is 1480. The van der Waals surface area contributed by atoms with Crippen LogP contribution in [0, 0.1) is 0 Å². The molecule has 9 nitrogen and oxygen atoms in total. The lowest BCUT2D eigenvalue weighted by Gasteiger charge is -2.33. The van der Waals surface area contributed by atoms with Gasteiger partial charge in [0.05, 0.1) is 9.77 Å². The van der Waals surface area contributed by atoms with E-state index in [1.165, 1.54) is 15.6 Å². The molecule has 0 saturated carbocycles. The van der Waals surface area contributed by atoms with E-state index in [2.05, 4.69) is 4.98 Å². The molecule has 1 saturated heterocycles. The standard InChI is InChI=1S/C24H24ClN5O4S2/c25-19-3-1-18-14-20(4-2-17(18)13-19)36(33,34)30-11-9-28(10-12-30)23(31)22-27-15-21(35-22)16-5-7-29(8-6-16)24(26)32/h1-5,13-15H,6-12H2,(H2,26,32). The van der Waals surface area contributed by atoms with Crippen LogP contribution in [0.2, 0.25) is 5.02 Å². The molecular weight excluding hydrogens is 522 g/mol. The topological polar surface area (TPSA) is 117 Å². The lowest BCUT2D eigenvalue weighted by molar-refractivity contribution is 0.0697. The van der Waals surface area contributed by atoms with Crippen molar-refractivity contribution in [3.8, 4) is 0 Å². The zero-order chi connectivity index (χ0) is 25.4. The van der Waals surface area contributed by atoms with Gasteiger partial charge in [-0.3, -0.25) is 4.79 Å². The van der Waals surface area contributed by atoms with Crippen LogP contribution in [-0.2, 0) is 10.0 Å². The molecule has 3 heterocycles. The third kappa shape index (κ3) is 4.83. The van der Waals surface area contributed by atoms with Crippen LogP contribution in [0.25, 0.3) is 16.3 Å². The number of sulfonamides is 1. The van der Waals surface area contributed by atoms with Crippen molar-refractivity contribution in [2.75, 3.05) is 39.3 Å². The van der Waals surface area contributed by atoms with E-state index in [0.29, 0.717) is 29.5 Å². The number of urea groups is 1. The Labute approximate surface area is 217 Å². The highest BCUT2D eigenvalue weighted by molar-refractivity contribution is 7.89. The van der Waals surface area contributed by atoms with E-state index in [-0.39, 0.29) is 37.0 Å². The highest BCUT2D eigenvalue weighted by Gasteiger charge is 2.31. The minimum Gasteiger partial charge on any atom is -0.351 e. The first-order valence-corrected chi connectivity index (χ1v) is 14.0. The molecule has 1 fully saturated rings. The minimum absolute atomic E-state index is 0.207. The number of thiazole rings is 1. The molecule has 0 aliphatic carbocycles. The monoisotopic (exact) mass is 545 g/mol. The number of fused-ring (bicyclic) bond motifs is 1. The number of primary amides is 1. The second kappa shape index (κ2) is 9.81. The molecule has 0 atom stereocenters. The maximum absolute atomic E-state index is 13.2. The Hall–Kier alpha value is -2.99. The number of amides is 3. The summed E-state index contributed by atoms with van der Waals surface area (Å²) in [5.41, 5.74) is 6.37. The molecule has 188 valence electrons. The molecule has 2 N–H and O–H groups in total. The number of benzene rings is 2. The fraction of sp³-hybridized carbons (Fsp3) is 0.292. The fourth-order valence-electron chi connectivity index (χ4n) is 4.39. The Morgan fingerprint density at radius 3 is 2.39 bits per heavy atom. The highest BCUT2D eigenvalue weighted by atomic mass is 35.5. The maximum atomic E-state index is 13.2. The van der Waals surface area contributed by atoms with E-state index in [9.17, 15) is 18.0 Å². The fourth-order valence-corrected chi connectivity index (χ4v) is 6.98. The number of aromatic nitrogens is 1. The van der Waals surface area contributed by atoms with Crippen LogP contribution in [0.15, 0.2) is 53.6 Å². The van der Waals surface area contributed by atoms with Crippen LogP contribution < -0.4 is 5.73 Å². The van der Waals surface area contributed by atoms with Crippen LogP contribution >= 0.6 is 22.9 Å². The van der Waals surface area contributed by atoms with Crippen molar-refractivity contribution >= 4 is 61.2 Å². The highest BCUT2D eigenvalue weighted by Crippen LogP contribution is 2.29. The van der Waals surface area contributed by atoms with Crippen LogP contribution in [0.3, 0.4) is 0 Å². The first-order valence-electron chi connectivity index (χ1n) is 11.4. The van der Waals surface area contributed by atoms with Crippen LogP contribution in [0.4, 0.5) is 4.79 Å². The molecule has 3 amide bonds. The second-order valence-electron chi connectivity index (χ2n) is 8.64. The first-order chi connectivity index (χ1) is 17.2. The summed E-state index contributed by atoms with van der Waals surface area (Å²) < 4.78 is 27.9. The lowest BCUT2D eigenvalue weighted by atomic mass is 10.1. The molecule has 0 unspecified atom stereocenters. The van der Waals surface area contributed by atoms with Gasteiger partial charge in [0, 0.05) is 50.5 Å². The summed E-state index contributed by atoms with van der Waals surface area (Å²) in [4.78, 5) is 33.0. The van der Waals surface area contributed by atoms with Gasteiger partial charge in [-0.2, -0.15) is 4.31 Å². The van der Waals surface area contributed by atoms with Crippen molar-refractivity contribution < 1.29 is 18.0 Å². The number of carbonyl (C=O) groups excluding carboxylic acids is 2. The van der Waals surface area contributed by atoms with Gasteiger partial charge in [0.15, 0.2) is 5.01 Å². The molecule has 5 rings (SSSR count). The van der Waals surface area contributed by atoms with Crippen molar-refractivity contribution in [1.82, 2.24) is 19.1 Å². The summed E-state index contributed by atoms with van der Waals surface area (Å²) in [7, 11) is -3.69. The van der Waals surface area contributed by atoms with Gasteiger partial charge in [-0.25, -0.2) is 18.2 Å². The normalized spacial score (nSPS) is 17.3. The smallest absolute Gasteiger partial charge is 0.315 e. The van der Waals surface area contributed by atoms with Gasteiger partial charge >= 0.3 is 6.03 Å². The van der Waals surface area contributed by atoms with E-state index in [0.717, 1.165) is 21.2 Å². The molecule has 2 aliphatic heterocycles. The Morgan fingerprint density at radius 2 is 1.69 bits per heavy atom. The van der Waals surface area contributed by atoms with Crippen molar-refractivity contribution in [3.63, 3.8) is 0 Å². The molecule has 12 heteroatoms. The number of nitrogens with two attached hydrogens (primary N) is 1. The summed E-state index contributed by atoms with van der Waals surface area (Å²) in [5.74, 6) is -0.207. The largest absolute Gasteiger partial charge is 0.351 e. The maximum Gasteiger partial charge on any atom is 0.315 e. The summed E-state index contributed by atoms with van der Waals surface area (Å²) in [6.07, 6.45) is 4.26. The van der Waals surface area contributed by atoms with Gasteiger partial charge in [0.25, 0.3) is 5.91 Å². The number of hydrogen-bond donors (Lipinski definition) is 1. The van der Waals surface area contributed by atoms with Crippen LogP contribution in [-0.4, -0.2) is 78.7 Å².